The van der Waals surface area contributed by atoms with Gasteiger partial charge in [-0.3, -0.25) is 9.59 Å². The van der Waals surface area contributed by atoms with E-state index in [1.807, 2.05) is 0 Å². The third-order valence-corrected chi connectivity index (χ3v) is 4.72. The number of para-hydroxylation sites is 1. The number of ether oxygens (including phenoxy) is 1. The van der Waals surface area contributed by atoms with Gasteiger partial charge in [0.2, 0.25) is 0 Å². The number of rotatable bonds is 5. The maximum Gasteiger partial charge on any atom is 0.282 e. The zero-order chi connectivity index (χ0) is 22.1. The molecule has 8 heteroatoms. The van der Waals surface area contributed by atoms with E-state index in [0.717, 1.165) is 29.2 Å². The Balaban J connectivity index is 1.87. The molecule has 0 bridgehead atoms. The molecule has 5 nitrogen and oxygen atoms in total. The van der Waals surface area contributed by atoms with Crippen LogP contribution in [0.3, 0.4) is 0 Å². The Hall–Kier alpha value is -4.07. The maximum absolute atomic E-state index is 13.8. The van der Waals surface area contributed by atoms with Gasteiger partial charge in [0.05, 0.1) is 18.4 Å². The summed E-state index contributed by atoms with van der Waals surface area (Å²) in [5.41, 5.74) is 0.210. The Labute approximate surface area is 175 Å². The summed E-state index contributed by atoms with van der Waals surface area (Å²) in [6, 6.07) is 14.6. The molecule has 0 radical (unpaired) electrons. The fourth-order valence-corrected chi connectivity index (χ4v) is 3.32. The Kier molecular flexibility index (Phi) is 5.21. The Morgan fingerprint density at radius 3 is 2.32 bits per heavy atom. The number of carbonyl (C=O) groups excluding carboxylic acids is 2. The van der Waals surface area contributed by atoms with Crippen molar-refractivity contribution < 1.29 is 27.5 Å². The molecule has 0 unspecified atom stereocenters. The average molecular weight is 424 g/mol. The van der Waals surface area contributed by atoms with Crippen molar-refractivity contribution >= 4 is 28.8 Å². The van der Waals surface area contributed by atoms with Crippen molar-refractivity contribution in [3.05, 3.63) is 95.4 Å². The van der Waals surface area contributed by atoms with Crippen LogP contribution >= 0.6 is 0 Å². The average Bonchev–Trinajstić information content (AvgIpc) is 2.99. The molecule has 0 aliphatic carbocycles. The lowest BCUT2D eigenvalue weighted by atomic mass is 10.0. The van der Waals surface area contributed by atoms with Crippen molar-refractivity contribution in [1.29, 1.82) is 0 Å². The first-order chi connectivity index (χ1) is 14.9. The highest BCUT2D eigenvalue weighted by atomic mass is 19.2. The van der Waals surface area contributed by atoms with Gasteiger partial charge in [-0.05, 0) is 36.4 Å². The number of nitrogens with zero attached hydrogens (tertiary/aromatic N) is 1. The summed E-state index contributed by atoms with van der Waals surface area (Å²) >= 11 is 0. The minimum atomic E-state index is -1.21. The molecule has 3 aromatic rings. The van der Waals surface area contributed by atoms with Crippen molar-refractivity contribution in [1.82, 2.24) is 0 Å². The summed E-state index contributed by atoms with van der Waals surface area (Å²) in [4.78, 5) is 27.3. The van der Waals surface area contributed by atoms with Gasteiger partial charge in [-0.25, -0.2) is 18.1 Å². The van der Waals surface area contributed by atoms with E-state index < -0.39 is 29.3 Å². The monoisotopic (exact) mass is 424 g/mol. The lowest BCUT2D eigenvalue weighted by Gasteiger charge is -2.16. The van der Waals surface area contributed by atoms with Gasteiger partial charge in [-0.15, -0.1) is 0 Å². The van der Waals surface area contributed by atoms with Gasteiger partial charge in [0.25, 0.3) is 11.8 Å². The largest absolute Gasteiger partial charge is 0.496 e. The second-order valence-electron chi connectivity index (χ2n) is 6.63. The van der Waals surface area contributed by atoms with Crippen LogP contribution in [0.4, 0.5) is 24.5 Å². The number of halogens is 3. The molecule has 31 heavy (non-hydrogen) atoms. The molecule has 1 aliphatic rings. The number of carbonyl (C=O) groups is 2. The maximum atomic E-state index is 13.8. The number of amides is 2. The highest BCUT2D eigenvalue weighted by Gasteiger charge is 2.41. The second kappa shape index (κ2) is 7.98. The summed E-state index contributed by atoms with van der Waals surface area (Å²) in [6.07, 6.45) is 0. The smallest absolute Gasteiger partial charge is 0.282 e. The molecule has 4 rings (SSSR count). The van der Waals surface area contributed by atoms with Crippen LogP contribution in [0.1, 0.15) is 5.56 Å². The van der Waals surface area contributed by atoms with Crippen LogP contribution in [0.5, 0.6) is 5.75 Å². The molecule has 1 N–H and O–H groups in total. The predicted octanol–water partition coefficient (Wildman–Crippen LogP) is 4.51. The van der Waals surface area contributed by atoms with Gasteiger partial charge in [0.1, 0.15) is 17.3 Å². The van der Waals surface area contributed by atoms with E-state index in [0.29, 0.717) is 11.3 Å². The predicted molar refractivity (Wildman–Crippen MR) is 109 cm³/mol. The molecule has 0 saturated heterocycles. The van der Waals surface area contributed by atoms with E-state index in [9.17, 15) is 22.8 Å². The van der Waals surface area contributed by atoms with Gasteiger partial charge < -0.3 is 10.1 Å². The number of hydrogen-bond donors (Lipinski definition) is 1. The molecule has 1 heterocycles. The number of anilines is 2. The highest BCUT2D eigenvalue weighted by molar-refractivity contribution is 6.46. The molecule has 2 amide bonds. The van der Waals surface area contributed by atoms with E-state index in [2.05, 4.69) is 5.32 Å². The van der Waals surface area contributed by atoms with Crippen LogP contribution in [0.15, 0.2) is 72.4 Å². The summed E-state index contributed by atoms with van der Waals surface area (Å²) < 4.78 is 46.2. The first kappa shape index (κ1) is 20.2. The zero-order valence-electron chi connectivity index (χ0n) is 16.2. The fourth-order valence-electron chi connectivity index (χ4n) is 3.32. The number of methoxy groups -OCH3 is 1. The minimum Gasteiger partial charge on any atom is -0.496 e. The van der Waals surface area contributed by atoms with E-state index >= 15 is 0 Å². The Morgan fingerprint density at radius 1 is 0.839 bits per heavy atom. The molecular weight excluding hydrogens is 409 g/mol. The zero-order valence-corrected chi connectivity index (χ0v) is 16.2. The number of nitrogens with one attached hydrogen (secondary N) is 1. The molecule has 0 spiro atoms. The molecule has 1 aliphatic heterocycles. The number of hydrogen-bond acceptors (Lipinski definition) is 4. The van der Waals surface area contributed by atoms with Gasteiger partial charge >= 0.3 is 0 Å². The van der Waals surface area contributed by atoms with Crippen molar-refractivity contribution in [3.8, 4) is 5.75 Å². The minimum absolute atomic E-state index is 0.0450. The van der Waals surface area contributed by atoms with Gasteiger partial charge in [0.15, 0.2) is 11.6 Å². The van der Waals surface area contributed by atoms with Gasteiger partial charge in [-0.1, -0.05) is 24.3 Å². The SMILES string of the molecule is COc1ccccc1C1=C(Nc2cccc(F)c2)C(=O)N(c2ccc(F)c(F)c2)C1=O. The van der Waals surface area contributed by atoms with Crippen LogP contribution < -0.4 is 15.0 Å². The molecule has 0 aromatic heterocycles. The van der Waals surface area contributed by atoms with Crippen molar-refractivity contribution in [2.45, 2.75) is 0 Å². The lowest BCUT2D eigenvalue weighted by molar-refractivity contribution is -0.120. The number of benzene rings is 3. The standard InChI is InChI=1S/C23H15F3N2O3/c1-31-19-8-3-2-7-16(19)20-21(27-14-6-4-5-13(24)11-14)23(30)28(22(20)29)15-9-10-17(25)18(26)12-15/h2-12,27H,1H3. The van der Waals surface area contributed by atoms with Crippen LogP contribution in [0, 0.1) is 17.5 Å². The number of imide groups is 1. The Morgan fingerprint density at radius 2 is 1.61 bits per heavy atom. The fraction of sp³-hybridized carbons (Fsp3) is 0.0435. The summed E-state index contributed by atoms with van der Waals surface area (Å²) in [6.45, 7) is 0. The third kappa shape index (κ3) is 3.63. The second-order valence-corrected chi connectivity index (χ2v) is 6.63. The summed E-state index contributed by atoms with van der Waals surface area (Å²) in [7, 11) is 1.41. The van der Waals surface area contributed by atoms with E-state index in [1.165, 1.54) is 25.3 Å². The molecule has 0 saturated carbocycles. The molecular formula is C23H15F3N2O3. The topological polar surface area (TPSA) is 58.6 Å². The van der Waals surface area contributed by atoms with E-state index in [-0.39, 0.29) is 22.6 Å². The molecule has 0 fully saturated rings. The van der Waals surface area contributed by atoms with Crippen molar-refractivity contribution in [2.75, 3.05) is 17.3 Å². The van der Waals surface area contributed by atoms with Crippen LogP contribution in [0.2, 0.25) is 0 Å². The molecule has 0 atom stereocenters. The van der Waals surface area contributed by atoms with Crippen molar-refractivity contribution in [3.63, 3.8) is 0 Å². The van der Waals surface area contributed by atoms with E-state index in [1.54, 1.807) is 24.3 Å². The highest BCUT2D eigenvalue weighted by Crippen LogP contribution is 2.37. The first-order valence-corrected chi connectivity index (χ1v) is 9.15. The third-order valence-electron chi connectivity index (χ3n) is 4.72. The lowest BCUT2D eigenvalue weighted by Crippen LogP contribution is -2.32. The molecule has 156 valence electrons. The normalized spacial score (nSPS) is 13.7. The van der Waals surface area contributed by atoms with Crippen LogP contribution in [-0.2, 0) is 9.59 Å². The summed E-state index contributed by atoms with van der Waals surface area (Å²) in [5, 5.41) is 2.79. The van der Waals surface area contributed by atoms with Crippen LogP contribution in [-0.4, -0.2) is 18.9 Å². The summed E-state index contributed by atoms with van der Waals surface area (Å²) in [5.74, 6) is -4.11. The van der Waals surface area contributed by atoms with Gasteiger partial charge in [0, 0.05) is 17.3 Å². The Bertz CT molecular complexity index is 1240. The van der Waals surface area contributed by atoms with Crippen molar-refractivity contribution in [2.24, 2.45) is 0 Å². The van der Waals surface area contributed by atoms with E-state index in [4.69, 9.17) is 4.74 Å². The van der Waals surface area contributed by atoms with Crippen LogP contribution in [0.25, 0.3) is 5.57 Å². The first-order valence-electron chi connectivity index (χ1n) is 9.15. The molecule has 3 aromatic carbocycles. The van der Waals surface area contributed by atoms with Gasteiger partial charge in [-0.2, -0.15) is 0 Å². The quantitative estimate of drug-likeness (QED) is 0.613.